The van der Waals surface area contributed by atoms with E-state index < -0.39 is 0 Å². The van der Waals surface area contributed by atoms with Crippen molar-refractivity contribution in [3.8, 4) is 0 Å². The first-order chi connectivity index (χ1) is 9.61. The largest absolute Gasteiger partial charge is 0.331 e. The Labute approximate surface area is 134 Å². The van der Waals surface area contributed by atoms with Gasteiger partial charge in [-0.3, -0.25) is 0 Å². The molecule has 0 aliphatic heterocycles. The maximum absolute atomic E-state index is 5.09. The highest BCUT2D eigenvalue weighted by atomic mass is 32.1. The molecule has 1 fully saturated rings. The average molecular weight is 308 g/mol. The number of hydrogen-bond donors (Lipinski definition) is 1. The van der Waals surface area contributed by atoms with Crippen molar-refractivity contribution >= 4 is 34.9 Å². The normalized spacial score (nSPS) is 22.6. The molecular weight excluding hydrogens is 282 g/mol. The molecule has 0 spiro atoms. The van der Waals surface area contributed by atoms with Gasteiger partial charge in [0, 0.05) is 12.7 Å². The van der Waals surface area contributed by atoms with E-state index in [2.05, 4.69) is 43.8 Å². The van der Waals surface area contributed by atoms with Crippen LogP contribution < -0.4 is 4.90 Å². The molecule has 0 N–H and O–H groups in total. The van der Waals surface area contributed by atoms with Gasteiger partial charge >= 0.3 is 0 Å². The molecule has 0 saturated heterocycles. The Morgan fingerprint density at radius 2 is 1.80 bits per heavy atom. The lowest BCUT2D eigenvalue weighted by atomic mass is 9.77. The molecule has 0 amide bonds. The molecule has 0 heterocycles. The average Bonchev–Trinajstić information content (AvgIpc) is 2.48. The maximum atomic E-state index is 5.09. The Hall–Kier alpha value is -0.540. The molecule has 1 aromatic rings. The zero-order valence-electron chi connectivity index (χ0n) is 12.5. The predicted molar refractivity (Wildman–Crippen MR) is 96.0 cm³/mol. The van der Waals surface area contributed by atoms with Crippen LogP contribution in [0.25, 0.3) is 0 Å². The van der Waals surface area contributed by atoms with Crippen LogP contribution in [0.5, 0.6) is 0 Å². The number of thiol groups is 1. The second kappa shape index (κ2) is 7.46. The van der Waals surface area contributed by atoms with Crippen LogP contribution in [-0.2, 0) is 0 Å². The number of anilines is 1. The number of benzene rings is 1. The van der Waals surface area contributed by atoms with E-state index in [0.717, 1.165) is 17.5 Å². The molecule has 0 unspecified atom stereocenters. The molecule has 1 nitrogen and oxygen atoms in total. The molecule has 110 valence electrons. The van der Waals surface area contributed by atoms with Gasteiger partial charge in [-0.1, -0.05) is 44.1 Å². The van der Waals surface area contributed by atoms with Gasteiger partial charge in [0.05, 0.1) is 0 Å². The topological polar surface area (TPSA) is 3.24 Å². The third-order valence-electron chi connectivity index (χ3n) is 4.58. The van der Waals surface area contributed by atoms with Crippen molar-refractivity contribution in [1.82, 2.24) is 0 Å². The van der Waals surface area contributed by atoms with Gasteiger partial charge in [-0.05, 0) is 55.2 Å². The number of thiocarbonyl (C=S) groups is 1. The third-order valence-corrected chi connectivity index (χ3v) is 5.16. The van der Waals surface area contributed by atoms with Crippen LogP contribution in [0.1, 0.15) is 56.9 Å². The van der Waals surface area contributed by atoms with Gasteiger partial charge in [-0.15, -0.1) is 12.6 Å². The van der Waals surface area contributed by atoms with Gasteiger partial charge in [-0.2, -0.15) is 0 Å². The Morgan fingerprint density at radius 3 is 2.30 bits per heavy atom. The van der Waals surface area contributed by atoms with E-state index in [1.165, 1.54) is 44.1 Å². The van der Waals surface area contributed by atoms with E-state index in [1.807, 2.05) is 11.9 Å². The standard InChI is InChI=1S/C17H25NS2/c1-3-4-13-5-7-14(8-6-13)15-9-11-16(12-10-15)18(2)17(19)20/h9-14H,3-8H2,1-2H3,(H,19,20). The smallest absolute Gasteiger partial charge is 0.137 e. The Balaban J connectivity index is 1.96. The van der Waals surface area contributed by atoms with E-state index >= 15 is 0 Å². The minimum Gasteiger partial charge on any atom is -0.331 e. The fourth-order valence-corrected chi connectivity index (χ4v) is 3.49. The minimum absolute atomic E-state index is 0.609. The van der Waals surface area contributed by atoms with E-state index in [-0.39, 0.29) is 0 Å². The summed E-state index contributed by atoms with van der Waals surface area (Å²) in [5.41, 5.74) is 2.61. The molecule has 1 saturated carbocycles. The van der Waals surface area contributed by atoms with Gasteiger partial charge in [0.2, 0.25) is 0 Å². The summed E-state index contributed by atoms with van der Waals surface area (Å²) >= 11 is 9.31. The molecule has 0 aromatic heterocycles. The zero-order valence-corrected chi connectivity index (χ0v) is 14.2. The van der Waals surface area contributed by atoms with Crippen LogP contribution in [-0.4, -0.2) is 11.4 Å². The lowest BCUT2D eigenvalue weighted by Gasteiger charge is -2.29. The lowest BCUT2D eigenvalue weighted by molar-refractivity contribution is 0.308. The van der Waals surface area contributed by atoms with Crippen molar-refractivity contribution in [3.63, 3.8) is 0 Å². The van der Waals surface area contributed by atoms with Crippen molar-refractivity contribution in [1.29, 1.82) is 0 Å². The van der Waals surface area contributed by atoms with Gasteiger partial charge < -0.3 is 4.90 Å². The van der Waals surface area contributed by atoms with E-state index in [0.29, 0.717) is 4.32 Å². The van der Waals surface area contributed by atoms with Gasteiger partial charge in [0.15, 0.2) is 0 Å². The van der Waals surface area contributed by atoms with Crippen molar-refractivity contribution in [2.45, 2.75) is 51.4 Å². The minimum atomic E-state index is 0.609. The summed E-state index contributed by atoms with van der Waals surface area (Å²) in [4.78, 5) is 1.93. The molecule has 1 aliphatic rings. The third kappa shape index (κ3) is 3.98. The quantitative estimate of drug-likeness (QED) is 0.585. The molecule has 0 radical (unpaired) electrons. The van der Waals surface area contributed by atoms with Crippen LogP contribution in [0.15, 0.2) is 24.3 Å². The predicted octanol–water partition coefficient (Wildman–Crippen LogP) is 5.41. The molecule has 1 aromatic carbocycles. The van der Waals surface area contributed by atoms with Gasteiger partial charge in [0.1, 0.15) is 4.32 Å². The molecule has 1 aliphatic carbocycles. The summed E-state index contributed by atoms with van der Waals surface area (Å²) in [5, 5.41) is 0. The Bertz CT molecular complexity index is 433. The van der Waals surface area contributed by atoms with Gasteiger partial charge in [-0.25, -0.2) is 0 Å². The number of hydrogen-bond acceptors (Lipinski definition) is 1. The Kier molecular flexibility index (Phi) is 5.91. The van der Waals surface area contributed by atoms with Gasteiger partial charge in [0.25, 0.3) is 0 Å². The SMILES string of the molecule is CCCC1CCC(c2ccc(N(C)C(=S)S)cc2)CC1. The van der Waals surface area contributed by atoms with Crippen LogP contribution in [0.4, 0.5) is 5.69 Å². The van der Waals surface area contributed by atoms with Crippen LogP contribution >= 0.6 is 24.8 Å². The summed E-state index contributed by atoms with van der Waals surface area (Å²) in [7, 11) is 1.96. The first-order valence-electron chi connectivity index (χ1n) is 7.68. The number of rotatable bonds is 4. The van der Waals surface area contributed by atoms with E-state index in [1.54, 1.807) is 0 Å². The molecule has 0 atom stereocenters. The molecule has 20 heavy (non-hydrogen) atoms. The summed E-state index contributed by atoms with van der Waals surface area (Å²) in [5.74, 6) is 1.73. The summed E-state index contributed by atoms with van der Waals surface area (Å²) in [6, 6.07) is 8.86. The summed E-state index contributed by atoms with van der Waals surface area (Å²) in [6.45, 7) is 2.30. The summed E-state index contributed by atoms with van der Waals surface area (Å²) < 4.78 is 0.609. The Morgan fingerprint density at radius 1 is 1.20 bits per heavy atom. The fraction of sp³-hybridized carbons (Fsp3) is 0.588. The number of nitrogens with zero attached hydrogens (tertiary/aromatic N) is 1. The van der Waals surface area contributed by atoms with Crippen LogP contribution in [0.2, 0.25) is 0 Å². The fourth-order valence-electron chi connectivity index (χ4n) is 3.27. The molecule has 0 bridgehead atoms. The molecular formula is C17H25NS2. The highest BCUT2D eigenvalue weighted by Gasteiger charge is 2.21. The van der Waals surface area contributed by atoms with Crippen molar-refractivity contribution in [2.75, 3.05) is 11.9 Å². The first-order valence-corrected chi connectivity index (χ1v) is 8.54. The molecule has 3 heteroatoms. The summed E-state index contributed by atoms with van der Waals surface area (Å²) in [6.07, 6.45) is 8.26. The maximum Gasteiger partial charge on any atom is 0.137 e. The monoisotopic (exact) mass is 307 g/mol. The first kappa shape index (κ1) is 15.8. The van der Waals surface area contributed by atoms with Crippen molar-refractivity contribution in [2.24, 2.45) is 5.92 Å². The zero-order chi connectivity index (χ0) is 14.5. The van der Waals surface area contributed by atoms with E-state index in [9.17, 15) is 0 Å². The van der Waals surface area contributed by atoms with Crippen molar-refractivity contribution in [3.05, 3.63) is 29.8 Å². The van der Waals surface area contributed by atoms with Crippen LogP contribution in [0.3, 0.4) is 0 Å². The highest BCUT2D eigenvalue weighted by Crippen LogP contribution is 2.37. The van der Waals surface area contributed by atoms with E-state index in [4.69, 9.17) is 12.2 Å². The van der Waals surface area contributed by atoms with Crippen molar-refractivity contribution < 1.29 is 0 Å². The van der Waals surface area contributed by atoms with Crippen LogP contribution in [0, 0.1) is 5.92 Å². The lowest BCUT2D eigenvalue weighted by Crippen LogP contribution is -2.19. The second-order valence-electron chi connectivity index (χ2n) is 5.94. The highest BCUT2D eigenvalue weighted by molar-refractivity contribution is 8.11. The second-order valence-corrected chi connectivity index (χ2v) is 7.05. The molecule has 2 rings (SSSR count).